The normalized spacial score (nSPS) is 14.2. The maximum Gasteiger partial charge on any atom is 0.472 e. The quantitative estimate of drug-likeness (QED) is 0.0222. The molecule has 558 valence electrons. The van der Waals surface area contributed by atoms with Crippen molar-refractivity contribution < 1.29 is 80.2 Å². The average Bonchev–Trinajstić information content (AvgIpc) is 1.75. The first kappa shape index (κ1) is 92.1. The Bertz CT molecular complexity index is 1850. The lowest BCUT2D eigenvalue weighted by molar-refractivity contribution is -0.161. The summed E-state index contributed by atoms with van der Waals surface area (Å²) in [6.45, 7) is 14.1. The third-order valence-electron chi connectivity index (χ3n) is 17.3. The largest absolute Gasteiger partial charge is 0.472 e. The van der Waals surface area contributed by atoms with E-state index < -0.39 is 97.5 Å². The standard InChI is InChI=1S/C75H146O17P2/c1-65(2)51-43-35-27-21-17-15-13-11-9-10-12-14-16-18-24-31-41-49-57-74(79)91-70(61-85-72(77)55-47-39-30-25-19-22-28-36-44-52-66(3)4)63-89-93(81,82)87-59-69(76)60-88-94(83,84)90-64-71(62-86-73(78)56-48-40-34-33-38-46-54-68(7)8)92-75(80)58-50-42-32-26-20-23-29-37-45-53-67(5)6/h65-71,76H,9-64H2,1-8H3,(H,81,82)(H,83,84)/t69-,70-,71-/m1/s1. The van der Waals surface area contributed by atoms with Gasteiger partial charge in [-0.3, -0.25) is 37.3 Å². The van der Waals surface area contributed by atoms with Crippen LogP contribution in [0.1, 0.15) is 376 Å². The summed E-state index contributed by atoms with van der Waals surface area (Å²) in [5, 5.41) is 10.6. The third-order valence-corrected chi connectivity index (χ3v) is 19.2. The second-order valence-corrected chi connectivity index (χ2v) is 31.9. The molecular formula is C75H146O17P2. The monoisotopic (exact) mass is 1380 g/mol. The van der Waals surface area contributed by atoms with E-state index in [1.54, 1.807) is 0 Å². The minimum Gasteiger partial charge on any atom is -0.462 e. The van der Waals surface area contributed by atoms with Crippen LogP contribution in [0.4, 0.5) is 0 Å². The van der Waals surface area contributed by atoms with E-state index in [4.69, 9.17) is 37.0 Å². The number of carbonyl (C=O) groups is 4. The smallest absolute Gasteiger partial charge is 0.462 e. The predicted molar refractivity (Wildman–Crippen MR) is 381 cm³/mol. The molecule has 0 spiro atoms. The third kappa shape index (κ3) is 68.6. The number of phosphoric acid groups is 2. The zero-order chi connectivity index (χ0) is 69.6. The highest BCUT2D eigenvalue weighted by atomic mass is 31.2. The molecule has 0 aliphatic carbocycles. The van der Waals surface area contributed by atoms with Crippen molar-refractivity contribution in [2.45, 2.75) is 395 Å². The Morgan fingerprint density at radius 2 is 0.447 bits per heavy atom. The zero-order valence-corrected chi connectivity index (χ0v) is 63.4. The highest BCUT2D eigenvalue weighted by Gasteiger charge is 2.30. The van der Waals surface area contributed by atoms with Crippen LogP contribution in [0.3, 0.4) is 0 Å². The zero-order valence-electron chi connectivity index (χ0n) is 61.6. The van der Waals surface area contributed by atoms with Gasteiger partial charge in [-0.05, 0) is 49.4 Å². The summed E-state index contributed by atoms with van der Waals surface area (Å²) in [4.78, 5) is 72.7. The fourth-order valence-electron chi connectivity index (χ4n) is 11.4. The van der Waals surface area contributed by atoms with Crippen LogP contribution in [0.15, 0.2) is 0 Å². The van der Waals surface area contributed by atoms with Gasteiger partial charge in [0.05, 0.1) is 26.4 Å². The van der Waals surface area contributed by atoms with Gasteiger partial charge in [0.15, 0.2) is 12.2 Å². The minimum absolute atomic E-state index is 0.104. The van der Waals surface area contributed by atoms with E-state index in [2.05, 4.69) is 55.4 Å². The Kier molecular flexibility index (Phi) is 63.1. The summed E-state index contributed by atoms with van der Waals surface area (Å²) in [5.74, 6) is 0.854. The van der Waals surface area contributed by atoms with E-state index in [-0.39, 0.29) is 25.7 Å². The first-order chi connectivity index (χ1) is 45.1. The van der Waals surface area contributed by atoms with Gasteiger partial charge >= 0.3 is 39.5 Å². The van der Waals surface area contributed by atoms with Gasteiger partial charge in [-0.15, -0.1) is 0 Å². The summed E-state index contributed by atoms with van der Waals surface area (Å²) in [6.07, 6.45) is 48.9. The van der Waals surface area contributed by atoms with E-state index in [0.29, 0.717) is 31.6 Å². The number of hydrogen-bond donors (Lipinski definition) is 3. The molecule has 19 heteroatoms. The minimum atomic E-state index is -4.96. The van der Waals surface area contributed by atoms with Crippen LogP contribution in [0, 0.1) is 23.7 Å². The van der Waals surface area contributed by atoms with Gasteiger partial charge in [-0.2, -0.15) is 0 Å². The van der Waals surface area contributed by atoms with Gasteiger partial charge in [-0.25, -0.2) is 9.13 Å². The van der Waals surface area contributed by atoms with Gasteiger partial charge in [0.2, 0.25) is 0 Å². The Balaban J connectivity index is 5.19. The fourth-order valence-corrected chi connectivity index (χ4v) is 13.0. The van der Waals surface area contributed by atoms with Gasteiger partial charge in [-0.1, -0.05) is 325 Å². The first-order valence-corrected chi connectivity index (χ1v) is 41.7. The number of carbonyl (C=O) groups excluding carboxylic acids is 4. The van der Waals surface area contributed by atoms with Crippen molar-refractivity contribution in [2.75, 3.05) is 39.6 Å². The maximum absolute atomic E-state index is 13.1. The van der Waals surface area contributed by atoms with Crippen LogP contribution in [0.5, 0.6) is 0 Å². The Hall–Kier alpha value is -1.94. The summed E-state index contributed by atoms with van der Waals surface area (Å²) in [5.41, 5.74) is 0. The lowest BCUT2D eigenvalue weighted by Gasteiger charge is -2.21. The first-order valence-electron chi connectivity index (χ1n) is 38.7. The molecule has 3 N–H and O–H groups in total. The topological polar surface area (TPSA) is 237 Å². The van der Waals surface area contributed by atoms with Gasteiger partial charge < -0.3 is 33.8 Å². The van der Waals surface area contributed by atoms with E-state index in [1.165, 1.54) is 173 Å². The van der Waals surface area contributed by atoms with Crippen LogP contribution in [0.2, 0.25) is 0 Å². The number of esters is 4. The van der Waals surface area contributed by atoms with Crippen LogP contribution in [-0.4, -0.2) is 96.7 Å². The number of ether oxygens (including phenoxy) is 4. The molecule has 0 aromatic carbocycles. The number of aliphatic hydroxyl groups is 1. The molecule has 0 fully saturated rings. The van der Waals surface area contributed by atoms with Crippen molar-refractivity contribution in [1.29, 1.82) is 0 Å². The molecule has 0 saturated heterocycles. The molecule has 2 unspecified atom stereocenters. The molecule has 0 aromatic rings. The van der Waals surface area contributed by atoms with E-state index in [1.807, 2.05) is 0 Å². The average molecular weight is 1380 g/mol. The van der Waals surface area contributed by atoms with E-state index in [0.717, 1.165) is 114 Å². The van der Waals surface area contributed by atoms with Crippen LogP contribution >= 0.6 is 15.6 Å². The second-order valence-electron chi connectivity index (χ2n) is 28.9. The molecule has 17 nitrogen and oxygen atoms in total. The van der Waals surface area contributed by atoms with Crippen molar-refractivity contribution in [1.82, 2.24) is 0 Å². The van der Waals surface area contributed by atoms with Crippen molar-refractivity contribution in [2.24, 2.45) is 23.7 Å². The molecule has 0 amide bonds. The van der Waals surface area contributed by atoms with Crippen molar-refractivity contribution >= 4 is 39.5 Å². The summed E-state index contributed by atoms with van der Waals surface area (Å²) < 4.78 is 68.4. The number of unbranched alkanes of at least 4 members (excludes halogenated alkanes) is 38. The Labute approximate surface area is 575 Å². The molecule has 0 bridgehead atoms. The highest BCUT2D eigenvalue weighted by molar-refractivity contribution is 7.47. The molecule has 0 aliphatic rings. The van der Waals surface area contributed by atoms with Gasteiger partial charge in [0.1, 0.15) is 19.3 Å². The van der Waals surface area contributed by atoms with Gasteiger partial charge in [0.25, 0.3) is 0 Å². The lowest BCUT2D eigenvalue weighted by atomic mass is 10.0. The number of hydrogen-bond acceptors (Lipinski definition) is 15. The molecule has 0 radical (unpaired) electrons. The SMILES string of the molecule is CC(C)CCCCCCCCCCCCCCCCCCCCC(=O)O[C@H](COC(=O)CCCCCCCCCCCC(C)C)COP(=O)(O)OC[C@@H](O)COP(=O)(O)OC[C@@H](COC(=O)CCCCCCCCC(C)C)OC(=O)CCCCCCCCCCCC(C)C. The molecule has 0 heterocycles. The van der Waals surface area contributed by atoms with Gasteiger partial charge in [0, 0.05) is 25.7 Å². The Morgan fingerprint density at radius 1 is 0.266 bits per heavy atom. The number of rotatable bonds is 72. The van der Waals surface area contributed by atoms with E-state index >= 15 is 0 Å². The highest BCUT2D eigenvalue weighted by Crippen LogP contribution is 2.45. The summed E-state index contributed by atoms with van der Waals surface area (Å²) >= 11 is 0. The predicted octanol–water partition coefficient (Wildman–Crippen LogP) is 21.7. The molecule has 0 rings (SSSR count). The second kappa shape index (κ2) is 64.4. The van der Waals surface area contributed by atoms with Crippen molar-refractivity contribution in [3.8, 4) is 0 Å². The fraction of sp³-hybridized carbons (Fsp3) is 0.947. The molecule has 0 saturated carbocycles. The van der Waals surface area contributed by atoms with Crippen LogP contribution < -0.4 is 0 Å². The van der Waals surface area contributed by atoms with Crippen molar-refractivity contribution in [3.05, 3.63) is 0 Å². The maximum atomic E-state index is 13.1. The van der Waals surface area contributed by atoms with E-state index in [9.17, 15) is 43.2 Å². The van der Waals surface area contributed by atoms with Crippen LogP contribution in [-0.2, 0) is 65.4 Å². The molecule has 0 aliphatic heterocycles. The summed E-state index contributed by atoms with van der Waals surface area (Å²) in [7, 11) is -9.91. The van der Waals surface area contributed by atoms with Crippen LogP contribution in [0.25, 0.3) is 0 Å². The number of aliphatic hydroxyl groups excluding tert-OH is 1. The summed E-state index contributed by atoms with van der Waals surface area (Å²) in [6, 6.07) is 0. The lowest BCUT2D eigenvalue weighted by Crippen LogP contribution is -2.30. The molecular weight excluding hydrogens is 1230 g/mol. The molecule has 94 heavy (non-hydrogen) atoms. The molecule has 5 atom stereocenters. The van der Waals surface area contributed by atoms with Crippen molar-refractivity contribution in [3.63, 3.8) is 0 Å². The number of phosphoric ester groups is 2. The Morgan fingerprint density at radius 3 is 0.660 bits per heavy atom. The molecule has 0 aromatic heterocycles.